The summed E-state index contributed by atoms with van der Waals surface area (Å²) in [6, 6.07) is 6.64. The first kappa shape index (κ1) is 20.1. The van der Waals surface area contributed by atoms with Crippen molar-refractivity contribution in [3.8, 4) is 11.5 Å². The van der Waals surface area contributed by atoms with E-state index in [1.165, 1.54) is 20.4 Å². The molecule has 1 aromatic carbocycles. The SMILES string of the molecule is CCCCS(=O)(=O)Nc1ccc(Nc2cc(OC)c(Cl)cc2OC)nc1. The van der Waals surface area contributed by atoms with Crippen LogP contribution in [0, 0.1) is 0 Å². The molecule has 1 heterocycles. The molecule has 0 radical (unpaired) electrons. The summed E-state index contributed by atoms with van der Waals surface area (Å²) < 4.78 is 36.9. The van der Waals surface area contributed by atoms with E-state index in [2.05, 4.69) is 15.0 Å². The maximum absolute atomic E-state index is 11.9. The molecule has 0 spiro atoms. The van der Waals surface area contributed by atoms with Crippen LogP contribution in [0.2, 0.25) is 5.02 Å². The molecule has 26 heavy (non-hydrogen) atoms. The smallest absolute Gasteiger partial charge is 0.232 e. The molecule has 0 atom stereocenters. The van der Waals surface area contributed by atoms with E-state index in [4.69, 9.17) is 21.1 Å². The lowest BCUT2D eigenvalue weighted by Gasteiger charge is -2.14. The summed E-state index contributed by atoms with van der Waals surface area (Å²) in [4.78, 5) is 4.22. The third-order valence-electron chi connectivity index (χ3n) is 3.54. The number of hydrogen-bond acceptors (Lipinski definition) is 6. The van der Waals surface area contributed by atoms with Crippen LogP contribution in [0.3, 0.4) is 0 Å². The van der Waals surface area contributed by atoms with Crippen molar-refractivity contribution >= 4 is 38.8 Å². The van der Waals surface area contributed by atoms with Crippen molar-refractivity contribution < 1.29 is 17.9 Å². The number of ether oxygens (including phenoxy) is 2. The Balaban J connectivity index is 2.15. The fourth-order valence-electron chi connectivity index (χ4n) is 2.19. The van der Waals surface area contributed by atoms with Crippen molar-refractivity contribution in [2.45, 2.75) is 19.8 Å². The summed E-state index contributed by atoms with van der Waals surface area (Å²) in [7, 11) is -0.299. The average molecular weight is 400 g/mol. The summed E-state index contributed by atoms with van der Waals surface area (Å²) in [6.45, 7) is 1.94. The van der Waals surface area contributed by atoms with E-state index >= 15 is 0 Å². The minimum atomic E-state index is -3.35. The molecule has 0 aliphatic carbocycles. The van der Waals surface area contributed by atoms with Gasteiger partial charge in [0.1, 0.15) is 17.3 Å². The van der Waals surface area contributed by atoms with Crippen LogP contribution in [0.15, 0.2) is 30.5 Å². The van der Waals surface area contributed by atoms with E-state index in [-0.39, 0.29) is 5.75 Å². The van der Waals surface area contributed by atoms with Crippen LogP contribution in [-0.4, -0.2) is 33.4 Å². The molecular formula is C17H22ClN3O4S. The zero-order valence-electron chi connectivity index (χ0n) is 14.9. The number of methoxy groups -OCH3 is 2. The van der Waals surface area contributed by atoms with Gasteiger partial charge in [-0.2, -0.15) is 0 Å². The number of benzene rings is 1. The summed E-state index contributed by atoms with van der Waals surface area (Å²) in [5.74, 6) is 1.63. The van der Waals surface area contributed by atoms with Gasteiger partial charge in [0.25, 0.3) is 0 Å². The lowest BCUT2D eigenvalue weighted by atomic mass is 10.2. The van der Waals surface area contributed by atoms with E-state index < -0.39 is 10.0 Å². The highest BCUT2D eigenvalue weighted by Gasteiger charge is 2.12. The lowest BCUT2D eigenvalue weighted by molar-refractivity contribution is 0.405. The van der Waals surface area contributed by atoms with Gasteiger partial charge in [-0.3, -0.25) is 4.72 Å². The van der Waals surface area contributed by atoms with Crippen LogP contribution in [0.5, 0.6) is 11.5 Å². The van der Waals surface area contributed by atoms with E-state index in [0.717, 1.165) is 6.42 Å². The number of rotatable bonds is 9. The molecule has 2 rings (SSSR count). The highest BCUT2D eigenvalue weighted by molar-refractivity contribution is 7.92. The van der Waals surface area contributed by atoms with Gasteiger partial charge in [0.15, 0.2) is 0 Å². The number of aromatic nitrogens is 1. The van der Waals surface area contributed by atoms with Gasteiger partial charge >= 0.3 is 0 Å². The standard InChI is InChI=1S/C17H22ClN3O4S/c1-4-5-8-26(22,23)21-12-6-7-17(19-11-12)20-14-10-15(24-2)13(18)9-16(14)25-3/h6-7,9-11,21H,4-5,8H2,1-3H3,(H,19,20). The van der Waals surface area contributed by atoms with E-state index in [1.54, 1.807) is 24.3 Å². The van der Waals surface area contributed by atoms with Crippen molar-refractivity contribution in [1.29, 1.82) is 0 Å². The summed E-state index contributed by atoms with van der Waals surface area (Å²) in [5, 5.41) is 3.53. The summed E-state index contributed by atoms with van der Waals surface area (Å²) in [5.41, 5.74) is 1.03. The Labute approximate surface area is 158 Å². The van der Waals surface area contributed by atoms with Gasteiger partial charge in [0.05, 0.1) is 42.6 Å². The van der Waals surface area contributed by atoms with Gasteiger partial charge < -0.3 is 14.8 Å². The first-order valence-corrected chi connectivity index (χ1v) is 10.1. The molecule has 9 heteroatoms. The molecule has 0 aliphatic heterocycles. The largest absolute Gasteiger partial charge is 0.495 e. The van der Waals surface area contributed by atoms with Gasteiger partial charge in [0, 0.05) is 12.1 Å². The molecule has 2 aromatic rings. The third-order valence-corrected chi connectivity index (χ3v) is 5.21. The zero-order chi connectivity index (χ0) is 19.2. The van der Waals surface area contributed by atoms with Crippen LogP contribution >= 0.6 is 11.6 Å². The average Bonchev–Trinajstić information content (AvgIpc) is 2.62. The van der Waals surface area contributed by atoms with Gasteiger partial charge in [0.2, 0.25) is 10.0 Å². The van der Waals surface area contributed by atoms with Crippen molar-refractivity contribution in [1.82, 2.24) is 4.98 Å². The Hall–Kier alpha value is -2.19. The van der Waals surface area contributed by atoms with Crippen LogP contribution in [-0.2, 0) is 10.0 Å². The number of anilines is 3. The molecular weight excluding hydrogens is 378 g/mol. The lowest BCUT2D eigenvalue weighted by Crippen LogP contribution is -2.16. The summed E-state index contributed by atoms with van der Waals surface area (Å²) >= 11 is 6.09. The zero-order valence-corrected chi connectivity index (χ0v) is 16.4. The molecule has 0 saturated heterocycles. The predicted octanol–water partition coefficient (Wildman–Crippen LogP) is 4.04. The van der Waals surface area contributed by atoms with Gasteiger partial charge in [-0.1, -0.05) is 24.9 Å². The monoisotopic (exact) mass is 399 g/mol. The molecule has 7 nitrogen and oxygen atoms in total. The molecule has 142 valence electrons. The number of nitrogens with zero attached hydrogens (tertiary/aromatic N) is 1. The minimum absolute atomic E-state index is 0.0886. The second-order valence-electron chi connectivity index (χ2n) is 5.52. The highest BCUT2D eigenvalue weighted by Crippen LogP contribution is 2.37. The number of hydrogen-bond donors (Lipinski definition) is 2. The molecule has 0 amide bonds. The number of unbranched alkanes of at least 4 members (excludes halogenated alkanes) is 1. The Morgan fingerprint density at radius 3 is 2.46 bits per heavy atom. The third kappa shape index (κ3) is 5.40. The number of halogens is 1. The maximum Gasteiger partial charge on any atom is 0.232 e. The maximum atomic E-state index is 11.9. The first-order chi connectivity index (χ1) is 12.4. The van der Waals surface area contributed by atoms with Crippen molar-refractivity contribution in [3.05, 3.63) is 35.5 Å². The Kier molecular flexibility index (Phi) is 6.93. The van der Waals surface area contributed by atoms with Crippen LogP contribution in [0.25, 0.3) is 0 Å². The molecule has 1 aromatic heterocycles. The molecule has 2 N–H and O–H groups in total. The second kappa shape index (κ2) is 8.95. The highest BCUT2D eigenvalue weighted by atomic mass is 35.5. The molecule has 0 fully saturated rings. The Morgan fingerprint density at radius 1 is 1.15 bits per heavy atom. The van der Waals surface area contributed by atoms with Crippen molar-refractivity contribution in [2.24, 2.45) is 0 Å². The number of sulfonamides is 1. The summed E-state index contributed by atoms with van der Waals surface area (Å²) in [6.07, 6.45) is 2.88. The fourth-order valence-corrected chi connectivity index (χ4v) is 3.67. The van der Waals surface area contributed by atoms with Crippen LogP contribution < -0.4 is 19.5 Å². The number of pyridine rings is 1. The molecule has 0 bridgehead atoms. The van der Waals surface area contributed by atoms with Crippen LogP contribution in [0.1, 0.15) is 19.8 Å². The van der Waals surface area contributed by atoms with Crippen molar-refractivity contribution in [3.63, 3.8) is 0 Å². The van der Waals surface area contributed by atoms with E-state index in [1.807, 2.05) is 6.92 Å². The first-order valence-electron chi connectivity index (χ1n) is 8.03. The Bertz CT molecular complexity index is 842. The van der Waals surface area contributed by atoms with Gasteiger partial charge in [-0.25, -0.2) is 13.4 Å². The van der Waals surface area contributed by atoms with E-state index in [0.29, 0.717) is 40.1 Å². The van der Waals surface area contributed by atoms with Gasteiger partial charge in [-0.05, 0) is 18.6 Å². The topological polar surface area (TPSA) is 89.6 Å². The van der Waals surface area contributed by atoms with Crippen molar-refractivity contribution in [2.75, 3.05) is 30.0 Å². The predicted molar refractivity (Wildman–Crippen MR) is 104 cm³/mol. The quantitative estimate of drug-likeness (QED) is 0.661. The van der Waals surface area contributed by atoms with Crippen LogP contribution in [0.4, 0.5) is 17.2 Å². The van der Waals surface area contributed by atoms with E-state index in [9.17, 15) is 8.42 Å². The molecule has 0 saturated carbocycles. The fraction of sp³-hybridized carbons (Fsp3) is 0.353. The minimum Gasteiger partial charge on any atom is -0.495 e. The molecule has 0 unspecified atom stereocenters. The normalized spacial score (nSPS) is 11.1. The van der Waals surface area contributed by atoms with Gasteiger partial charge in [-0.15, -0.1) is 0 Å². The Morgan fingerprint density at radius 2 is 1.88 bits per heavy atom. The second-order valence-corrected chi connectivity index (χ2v) is 7.77. The number of nitrogens with one attached hydrogen (secondary N) is 2. The molecule has 0 aliphatic rings.